The molecule has 2 rings (SSSR count). The number of ether oxygens (including phenoxy) is 4. The molecule has 0 heterocycles. The number of nitro groups is 1. The Bertz CT molecular complexity index is 933. The highest BCUT2D eigenvalue weighted by Crippen LogP contribution is 2.38. The Morgan fingerprint density at radius 2 is 1.70 bits per heavy atom. The summed E-state index contributed by atoms with van der Waals surface area (Å²) in [6.45, 7) is 1.04. The molecule has 0 saturated carbocycles. The zero-order chi connectivity index (χ0) is 22.3. The molecule has 0 spiro atoms. The van der Waals surface area contributed by atoms with Crippen molar-refractivity contribution in [3.63, 3.8) is 0 Å². The van der Waals surface area contributed by atoms with E-state index in [1.54, 1.807) is 12.1 Å². The van der Waals surface area contributed by atoms with E-state index >= 15 is 0 Å². The first-order valence-electron chi connectivity index (χ1n) is 8.79. The molecule has 0 radical (unpaired) electrons. The second-order valence-electron chi connectivity index (χ2n) is 6.09. The number of nitrogens with zero attached hydrogens (tertiary/aromatic N) is 1. The van der Waals surface area contributed by atoms with Crippen LogP contribution in [0.15, 0.2) is 30.3 Å². The lowest BCUT2D eigenvalue weighted by Crippen LogP contribution is -2.28. The maximum absolute atomic E-state index is 12.2. The third kappa shape index (κ3) is 5.16. The summed E-state index contributed by atoms with van der Waals surface area (Å²) in [6.07, 6.45) is 0. The van der Waals surface area contributed by atoms with E-state index in [4.69, 9.17) is 18.9 Å². The van der Waals surface area contributed by atoms with Crippen molar-refractivity contribution in [1.82, 2.24) is 5.32 Å². The van der Waals surface area contributed by atoms with Crippen molar-refractivity contribution in [2.45, 2.75) is 13.5 Å². The van der Waals surface area contributed by atoms with E-state index in [1.807, 2.05) is 0 Å². The van der Waals surface area contributed by atoms with Crippen molar-refractivity contribution in [3.05, 3.63) is 57.1 Å². The van der Waals surface area contributed by atoms with Crippen molar-refractivity contribution in [3.8, 4) is 17.2 Å². The Morgan fingerprint density at radius 1 is 1.07 bits per heavy atom. The minimum atomic E-state index is -0.820. The molecule has 0 unspecified atom stereocenters. The van der Waals surface area contributed by atoms with Crippen LogP contribution in [0.2, 0.25) is 0 Å². The van der Waals surface area contributed by atoms with Crippen molar-refractivity contribution in [2.24, 2.45) is 0 Å². The van der Waals surface area contributed by atoms with E-state index in [9.17, 15) is 19.7 Å². The topological polar surface area (TPSA) is 126 Å². The Kier molecular flexibility index (Phi) is 7.56. The predicted octanol–water partition coefficient (Wildman–Crippen LogP) is 2.40. The zero-order valence-corrected chi connectivity index (χ0v) is 17.0. The molecule has 30 heavy (non-hydrogen) atoms. The molecule has 0 bridgehead atoms. The molecule has 2 aromatic rings. The predicted molar refractivity (Wildman–Crippen MR) is 106 cm³/mol. The van der Waals surface area contributed by atoms with Gasteiger partial charge in [-0.25, -0.2) is 4.79 Å². The smallest absolute Gasteiger partial charge is 0.339 e. The maximum Gasteiger partial charge on any atom is 0.339 e. The monoisotopic (exact) mass is 418 g/mol. The Labute approximate surface area is 172 Å². The summed E-state index contributed by atoms with van der Waals surface area (Å²) < 4.78 is 20.7. The van der Waals surface area contributed by atoms with Crippen LogP contribution in [0.3, 0.4) is 0 Å². The molecule has 0 fully saturated rings. The first-order chi connectivity index (χ1) is 14.3. The van der Waals surface area contributed by atoms with Gasteiger partial charge in [-0.2, -0.15) is 0 Å². The van der Waals surface area contributed by atoms with Gasteiger partial charge in [-0.05, 0) is 30.7 Å². The summed E-state index contributed by atoms with van der Waals surface area (Å²) in [5, 5.41) is 13.6. The van der Waals surface area contributed by atoms with Gasteiger partial charge in [0, 0.05) is 18.2 Å². The van der Waals surface area contributed by atoms with Gasteiger partial charge in [0.15, 0.2) is 18.1 Å². The van der Waals surface area contributed by atoms with Crippen LogP contribution in [-0.4, -0.2) is 44.7 Å². The van der Waals surface area contributed by atoms with Gasteiger partial charge in [-0.3, -0.25) is 14.9 Å². The fourth-order valence-corrected chi connectivity index (χ4v) is 2.74. The minimum Gasteiger partial charge on any atom is -0.493 e. The summed E-state index contributed by atoms with van der Waals surface area (Å²) in [4.78, 5) is 34.6. The third-order valence-corrected chi connectivity index (χ3v) is 4.27. The molecule has 0 aliphatic rings. The fraction of sp³-hybridized carbons (Fsp3) is 0.300. The molecule has 0 aliphatic carbocycles. The highest BCUT2D eigenvalue weighted by molar-refractivity contribution is 5.93. The number of methoxy groups -OCH3 is 3. The molecule has 0 aromatic heterocycles. The molecule has 160 valence electrons. The van der Waals surface area contributed by atoms with E-state index in [1.165, 1.54) is 46.5 Å². The number of rotatable bonds is 9. The van der Waals surface area contributed by atoms with E-state index in [0.29, 0.717) is 22.8 Å². The molecular weight excluding hydrogens is 396 g/mol. The van der Waals surface area contributed by atoms with Crippen LogP contribution in [0.4, 0.5) is 5.69 Å². The number of amides is 1. The minimum absolute atomic E-state index is 0.0293. The first kappa shape index (κ1) is 22.5. The van der Waals surface area contributed by atoms with Gasteiger partial charge >= 0.3 is 5.97 Å². The lowest BCUT2D eigenvalue weighted by Gasteiger charge is -2.14. The number of carbonyl (C=O) groups is 2. The second-order valence-corrected chi connectivity index (χ2v) is 6.09. The van der Waals surface area contributed by atoms with Crippen LogP contribution in [0.25, 0.3) is 0 Å². The standard InChI is InChI=1S/C20H22N2O8/c1-12-14(6-5-7-15(12)22(25)26)20(24)30-11-18(23)21-10-13-8-16(27-2)19(29-4)17(9-13)28-3/h5-9H,10-11H2,1-4H3,(H,21,23). The van der Waals surface area contributed by atoms with Gasteiger partial charge in [-0.15, -0.1) is 0 Å². The summed E-state index contributed by atoms with van der Waals surface area (Å²) >= 11 is 0. The van der Waals surface area contributed by atoms with E-state index in [0.717, 1.165) is 0 Å². The third-order valence-electron chi connectivity index (χ3n) is 4.27. The summed E-state index contributed by atoms with van der Waals surface area (Å²) in [5.74, 6) is -0.0574. The van der Waals surface area contributed by atoms with Gasteiger partial charge in [0.1, 0.15) is 0 Å². The van der Waals surface area contributed by atoms with Crippen molar-refractivity contribution >= 4 is 17.6 Å². The normalized spacial score (nSPS) is 10.1. The van der Waals surface area contributed by atoms with Gasteiger partial charge in [0.2, 0.25) is 5.75 Å². The number of benzene rings is 2. The Morgan fingerprint density at radius 3 is 2.23 bits per heavy atom. The van der Waals surface area contributed by atoms with E-state index < -0.39 is 23.4 Å². The van der Waals surface area contributed by atoms with Crippen LogP contribution in [0, 0.1) is 17.0 Å². The summed E-state index contributed by atoms with van der Waals surface area (Å²) in [6, 6.07) is 7.43. The van der Waals surface area contributed by atoms with Gasteiger partial charge in [-0.1, -0.05) is 6.07 Å². The SMILES string of the molecule is COc1cc(CNC(=O)COC(=O)c2cccc([N+](=O)[O-])c2C)cc(OC)c1OC. The lowest BCUT2D eigenvalue weighted by molar-refractivity contribution is -0.385. The average Bonchev–Trinajstić information content (AvgIpc) is 2.74. The molecule has 0 atom stereocenters. The van der Waals surface area contributed by atoms with E-state index in [2.05, 4.69) is 5.32 Å². The molecule has 10 nitrogen and oxygen atoms in total. The molecule has 0 saturated heterocycles. The van der Waals surface area contributed by atoms with Crippen molar-refractivity contribution in [2.75, 3.05) is 27.9 Å². The number of hydrogen-bond acceptors (Lipinski definition) is 8. The van der Waals surface area contributed by atoms with Crippen LogP contribution >= 0.6 is 0 Å². The quantitative estimate of drug-likeness (QED) is 0.374. The Balaban J connectivity index is 1.98. The molecule has 0 aliphatic heterocycles. The number of esters is 1. The number of hydrogen-bond donors (Lipinski definition) is 1. The lowest BCUT2D eigenvalue weighted by atomic mass is 10.1. The molecule has 1 amide bonds. The van der Waals surface area contributed by atoms with Gasteiger partial charge < -0.3 is 24.3 Å². The number of nitro benzene ring substituents is 1. The highest BCUT2D eigenvalue weighted by Gasteiger charge is 2.20. The van der Waals surface area contributed by atoms with Crippen LogP contribution in [0.5, 0.6) is 17.2 Å². The molecule has 2 aromatic carbocycles. The van der Waals surface area contributed by atoms with Crippen LogP contribution in [0.1, 0.15) is 21.5 Å². The van der Waals surface area contributed by atoms with E-state index in [-0.39, 0.29) is 23.4 Å². The van der Waals surface area contributed by atoms with Crippen LogP contribution < -0.4 is 19.5 Å². The average molecular weight is 418 g/mol. The van der Waals surface area contributed by atoms with Crippen LogP contribution in [-0.2, 0) is 16.1 Å². The largest absolute Gasteiger partial charge is 0.493 e. The summed E-state index contributed by atoms with van der Waals surface area (Å²) in [7, 11) is 4.45. The molecule has 10 heteroatoms. The molecular formula is C20H22N2O8. The van der Waals surface area contributed by atoms with Crippen molar-refractivity contribution in [1.29, 1.82) is 0 Å². The summed E-state index contributed by atoms with van der Waals surface area (Å²) in [5.41, 5.74) is 0.682. The number of carbonyl (C=O) groups excluding carboxylic acids is 2. The van der Waals surface area contributed by atoms with Gasteiger partial charge in [0.25, 0.3) is 11.6 Å². The second kappa shape index (κ2) is 10.1. The van der Waals surface area contributed by atoms with Gasteiger partial charge in [0.05, 0.1) is 31.8 Å². The fourth-order valence-electron chi connectivity index (χ4n) is 2.74. The highest BCUT2D eigenvalue weighted by atomic mass is 16.6. The number of nitrogens with one attached hydrogen (secondary N) is 1. The zero-order valence-electron chi connectivity index (χ0n) is 17.0. The maximum atomic E-state index is 12.2. The molecule has 1 N–H and O–H groups in total. The first-order valence-corrected chi connectivity index (χ1v) is 8.79. The van der Waals surface area contributed by atoms with Crippen molar-refractivity contribution < 1.29 is 33.5 Å². The Hall–Kier alpha value is -3.82.